The molecule has 1 aromatic carbocycles. The van der Waals surface area contributed by atoms with Crippen molar-refractivity contribution in [2.45, 2.75) is 38.9 Å². The Balaban J connectivity index is 2.69. The number of nitrogens with one attached hydrogen (secondary N) is 1. The molecule has 0 radical (unpaired) electrons. The number of aliphatic hydroxyl groups is 1. The minimum Gasteiger partial charge on any atom is -0.512 e. The Kier molecular flexibility index (Phi) is 5.35. The molecule has 3 amide bonds. The van der Waals surface area contributed by atoms with Gasteiger partial charge in [-0.3, -0.25) is 14.4 Å². The van der Waals surface area contributed by atoms with E-state index in [4.69, 9.17) is 0 Å². The van der Waals surface area contributed by atoms with Gasteiger partial charge >= 0.3 is 6.18 Å². The Hall–Kier alpha value is -2.84. The van der Waals surface area contributed by atoms with E-state index in [0.29, 0.717) is 4.90 Å². The van der Waals surface area contributed by atoms with Crippen LogP contribution in [0.15, 0.2) is 41.7 Å². The number of para-hydroxylation sites is 1. The number of rotatable bonds is 4. The Morgan fingerprint density at radius 2 is 1.78 bits per heavy atom. The van der Waals surface area contributed by atoms with Crippen LogP contribution in [0.1, 0.15) is 27.2 Å². The van der Waals surface area contributed by atoms with Crippen LogP contribution in [0.25, 0.3) is 0 Å². The highest BCUT2D eigenvalue weighted by atomic mass is 19.4. The molecule has 1 aliphatic heterocycles. The van der Waals surface area contributed by atoms with Crippen molar-refractivity contribution in [1.82, 2.24) is 5.32 Å². The Morgan fingerprint density at radius 1 is 1.22 bits per heavy atom. The molecule has 0 aromatic heterocycles. The van der Waals surface area contributed by atoms with Crippen LogP contribution in [-0.4, -0.2) is 34.5 Å². The van der Waals surface area contributed by atoms with Gasteiger partial charge in [0, 0.05) is 6.42 Å². The van der Waals surface area contributed by atoms with Crippen molar-refractivity contribution in [3.8, 4) is 0 Å². The quantitative estimate of drug-likeness (QED) is 0.475. The monoisotopic (exact) mass is 384 g/mol. The fraction of sp³-hybridized carbons (Fsp3) is 0.389. The first-order valence-corrected chi connectivity index (χ1v) is 8.15. The number of hydrogen-bond acceptors (Lipinski definition) is 4. The van der Waals surface area contributed by atoms with Crippen molar-refractivity contribution >= 4 is 23.4 Å². The number of amides is 3. The lowest BCUT2D eigenvalue weighted by Gasteiger charge is -2.31. The largest absolute Gasteiger partial charge is 0.512 e. The molecule has 1 aromatic rings. The number of anilines is 1. The minimum atomic E-state index is -5.35. The molecule has 2 N–H and O–H groups in total. The van der Waals surface area contributed by atoms with E-state index in [1.807, 2.05) is 0 Å². The molecule has 2 rings (SSSR count). The van der Waals surface area contributed by atoms with E-state index in [0.717, 1.165) is 6.92 Å². The maximum atomic E-state index is 14.1. The molecule has 0 aliphatic carbocycles. The standard InChI is InChI=1S/C18H19F3N2O4/c1-10(2)9-13(25)22-17(18(19,20)21)14(11(3)24)15(26)23(16(17)27)12-7-5-4-6-8-12/h4-8,10,24H,9H2,1-3H3,(H,22,25)/b14-11+. The first-order chi connectivity index (χ1) is 12.4. The zero-order valence-electron chi connectivity index (χ0n) is 14.9. The topological polar surface area (TPSA) is 86.7 Å². The Morgan fingerprint density at radius 3 is 2.22 bits per heavy atom. The van der Waals surface area contributed by atoms with Crippen molar-refractivity contribution in [3.05, 3.63) is 41.7 Å². The molecule has 1 fully saturated rings. The minimum absolute atomic E-state index is 0.101. The third-order valence-corrected chi connectivity index (χ3v) is 4.04. The first kappa shape index (κ1) is 20.5. The lowest BCUT2D eigenvalue weighted by molar-refractivity contribution is -0.189. The number of imide groups is 1. The van der Waals surface area contributed by atoms with Crippen LogP contribution in [0.2, 0.25) is 0 Å². The lowest BCUT2D eigenvalue weighted by Crippen LogP contribution is -2.64. The molecule has 0 spiro atoms. The maximum Gasteiger partial charge on any atom is 0.425 e. The molecule has 0 saturated carbocycles. The van der Waals surface area contributed by atoms with E-state index in [1.54, 1.807) is 25.2 Å². The van der Waals surface area contributed by atoms with Crippen molar-refractivity contribution in [2.24, 2.45) is 5.92 Å². The van der Waals surface area contributed by atoms with Crippen molar-refractivity contribution in [1.29, 1.82) is 0 Å². The van der Waals surface area contributed by atoms with Crippen molar-refractivity contribution < 1.29 is 32.7 Å². The maximum absolute atomic E-state index is 14.1. The molecule has 9 heteroatoms. The third-order valence-electron chi connectivity index (χ3n) is 4.04. The molecule has 1 aliphatic rings. The van der Waals surface area contributed by atoms with Crippen molar-refractivity contribution in [2.75, 3.05) is 4.90 Å². The molecule has 1 atom stereocenters. The lowest BCUT2D eigenvalue weighted by atomic mass is 9.89. The Labute approximate surface area is 153 Å². The van der Waals surface area contributed by atoms with Gasteiger partial charge in [0.25, 0.3) is 17.4 Å². The highest BCUT2D eigenvalue weighted by molar-refractivity contribution is 6.34. The summed E-state index contributed by atoms with van der Waals surface area (Å²) in [5, 5.41) is 11.5. The van der Waals surface area contributed by atoms with E-state index >= 15 is 0 Å². The molecule has 1 heterocycles. The second kappa shape index (κ2) is 7.05. The summed E-state index contributed by atoms with van der Waals surface area (Å²) in [6.45, 7) is 4.10. The molecule has 6 nitrogen and oxygen atoms in total. The summed E-state index contributed by atoms with van der Waals surface area (Å²) >= 11 is 0. The number of carbonyl (C=O) groups is 3. The van der Waals surface area contributed by atoms with E-state index in [2.05, 4.69) is 0 Å². The van der Waals surface area contributed by atoms with E-state index in [1.165, 1.54) is 24.3 Å². The van der Waals surface area contributed by atoms with Gasteiger partial charge < -0.3 is 10.4 Å². The number of hydrogen-bond donors (Lipinski definition) is 2. The second-order valence-corrected chi connectivity index (χ2v) is 6.64. The van der Waals surface area contributed by atoms with Gasteiger partial charge in [-0.1, -0.05) is 32.0 Å². The van der Waals surface area contributed by atoms with E-state index in [9.17, 15) is 32.7 Å². The molecular formula is C18H19F3N2O4. The van der Waals surface area contributed by atoms with Crippen LogP contribution in [0.5, 0.6) is 0 Å². The van der Waals surface area contributed by atoms with Crippen molar-refractivity contribution in [3.63, 3.8) is 0 Å². The van der Waals surface area contributed by atoms with Gasteiger partial charge in [0.1, 0.15) is 5.76 Å². The van der Waals surface area contributed by atoms with Crippen LogP contribution >= 0.6 is 0 Å². The fourth-order valence-electron chi connectivity index (χ4n) is 2.96. The fourth-order valence-corrected chi connectivity index (χ4v) is 2.96. The van der Waals surface area contributed by atoms with E-state index in [-0.39, 0.29) is 18.0 Å². The highest BCUT2D eigenvalue weighted by Crippen LogP contribution is 2.45. The average Bonchev–Trinajstić information content (AvgIpc) is 2.75. The SMILES string of the molecule is C/C(O)=C1/C(=O)N(c2ccccc2)C(=O)C1(NC(=O)CC(C)C)C(F)(F)F. The molecule has 1 saturated heterocycles. The molecule has 27 heavy (non-hydrogen) atoms. The number of nitrogens with zero attached hydrogens (tertiary/aromatic N) is 1. The number of alkyl halides is 3. The van der Waals surface area contributed by atoms with Gasteiger partial charge in [0.2, 0.25) is 5.91 Å². The normalized spacial score (nSPS) is 22.4. The second-order valence-electron chi connectivity index (χ2n) is 6.64. The van der Waals surface area contributed by atoms with Crippen LogP contribution in [0.4, 0.5) is 18.9 Å². The summed E-state index contributed by atoms with van der Waals surface area (Å²) in [5.74, 6) is -5.36. The Bertz CT molecular complexity index is 799. The average molecular weight is 384 g/mol. The molecular weight excluding hydrogens is 365 g/mol. The predicted molar refractivity (Wildman–Crippen MR) is 90.6 cm³/mol. The smallest absolute Gasteiger partial charge is 0.425 e. The molecule has 0 bridgehead atoms. The van der Waals surface area contributed by atoms with Crippen LogP contribution in [0, 0.1) is 5.92 Å². The zero-order chi connectivity index (χ0) is 20.6. The number of allylic oxidation sites excluding steroid dienone is 1. The number of benzene rings is 1. The van der Waals surface area contributed by atoms with Crippen LogP contribution < -0.4 is 10.2 Å². The summed E-state index contributed by atoms with van der Waals surface area (Å²) in [5.41, 5.74) is -4.96. The first-order valence-electron chi connectivity index (χ1n) is 8.15. The highest BCUT2D eigenvalue weighted by Gasteiger charge is 2.72. The van der Waals surface area contributed by atoms with E-state index < -0.39 is 40.8 Å². The summed E-state index contributed by atoms with van der Waals surface area (Å²) in [4.78, 5) is 38.0. The summed E-state index contributed by atoms with van der Waals surface area (Å²) in [6.07, 6.45) is -5.64. The van der Waals surface area contributed by atoms with Gasteiger partial charge in [-0.25, -0.2) is 4.90 Å². The van der Waals surface area contributed by atoms with Gasteiger partial charge in [-0.15, -0.1) is 0 Å². The van der Waals surface area contributed by atoms with Crippen LogP contribution in [0.3, 0.4) is 0 Å². The van der Waals surface area contributed by atoms with Gasteiger partial charge in [0.05, 0.1) is 11.3 Å². The predicted octanol–water partition coefficient (Wildman–Crippen LogP) is 2.86. The summed E-state index contributed by atoms with van der Waals surface area (Å²) < 4.78 is 42.2. The summed E-state index contributed by atoms with van der Waals surface area (Å²) in [6, 6.07) is 7.00. The number of carbonyl (C=O) groups excluding carboxylic acids is 3. The number of halogens is 3. The third kappa shape index (κ3) is 3.41. The molecule has 146 valence electrons. The number of aliphatic hydroxyl groups excluding tert-OH is 1. The van der Waals surface area contributed by atoms with Gasteiger partial charge in [-0.05, 0) is 25.0 Å². The van der Waals surface area contributed by atoms with Crippen LogP contribution in [-0.2, 0) is 14.4 Å². The van der Waals surface area contributed by atoms with Gasteiger partial charge in [-0.2, -0.15) is 13.2 Å². The van der Waals surface area contributed by atoms with Gasteiger partial charge in [0.15, 0.2) is 0 Å². The molecule has 1 unspecified atom stereocenters. The summed E-state index contributed by atoms with van der Waals surface area (Å²) in [7, 11) is 0. The zero-order valence-corrected chi connectivity index (χ0v) is 14.9.